The van der Waals surface area contributed by atoms with Gasteiger partial charge in [0.1, 0.15) is 5.82 Å². The monoisotopic (exact) mass is 361 g/mol. The minimum atomic E-state index is -0.480. The van der Waals surface area contributed by atoms with Crippen molar-refractivity contribution >= 4 is 23.2 Å². The second-order valence-electron chi connectivity index (χ2n) is 6.09. The Morgan fingerprint density at radius 2 is 1.89 bits per heavy atom. The summed E-state index contributed by atoms with van der Waals surface area (Å²) in [5, 5.41) is 11.1. The molecule has 134 valence electrons. The molecule has 0 N–H and O–H groups in total. The molecule has 3 aromatic rings. The van der Waals surface area contributed by atoms with Crippen LogP contribution in [-0.4, -0.2) is 25.8 Å². The van der Waals surface area contributed by atoms with Crippen LogP contribution in [0, 0.1) is 10.1 Å². The van der Waals surface area contributed by atoms with E-state index in [1.807, 2.05) is 24.3 Å². The lowest BCUT2D eigenvalue weighted by atomic mass is 10.1. The standard InChI is InChI=1S/C19H15N5O3/c25-19-22(12-14-6-9-20-10-7-14)13-15-3-2-8-21-18(15)23(19)16-4-1-5-17(11-16)24(26)27/h1-11H,12-13H2. The van der Waals surface area contributed by atoms with Crippen molar-refractivity contribution in [1.29, 1.82) is 0 Å². The van der Waals surface area contributed by atoms with Gasteiger partial charge in [0.05, 0.1) is 17.2 Å². The Morgan fingerprint density at radius 3 is 2.67 bits per heavy atom. The molecule has 0 spiro atoms. The van der Waals surface area contributed by atoms with Gasteiger partial charge in [0.25, 0.3) is 5.69 Å². The highest BCUT2D eigenvalue weighted by atomic mass is 16.6. The lowest BCUT2D eigenvalue weighted by Gasteiger charge is -2.36. The summed E-state index contributed by atoms with van der Waals surface area (Å²) < 4.78 is 0. The number of carbonyl (C=O) groups excluding carboxylic acids is 1. The fourth-order valence-electron chi connectivity index (χ4n) is 3.07. The van der Waals surface area contributed by atoms with Crippen LogP contribution < -0.4 is 4.90 Å². The Bertz CT molecular complexity index is 1010. The van der Waals surface area contributed by atoms with Gasteiger partial charge in [-0.3, -0.25) is 15.1 Å². The van der Waals surface area contributed by atoms with Crippen molar-refractivity contribution in [3.63, 3.8) is 0 Å². The van der Waals surface area contributed by atoms with E-state index in [9.17, 15) is 14.9 Å². The summed E-state index contributed by atoms with van der Waals surface area (Å²) >= 11 is 0. The van der Waals surface area contributed by atoms with Crippen LogP contribution in [0.2, 0.25) is 0 Å². The van der Waals surface area contributed by atoms with Gasteiger partial charge < -0.3 is 4.90 Å². The van der Waals surface area contributed by atoms with Gasteiger partial charge in [-0.1, -0.05) is 12.1 Å². The molecule has 1 aromatic carbocycles. The van der Waals surface area contributed by atoms with Crippen molar-refractivity contribution in [3.8, 4) is 0 Å². The predicted octanol–water partition coefficient (Wildman–Crippen LogP) is 3.66. The smallest absolute Gasteiger partial charge is 0.315 e. The number of pyridine rings is 2. The second kappa shape index (κ2) is 6.83. The minimum absolute atomic E-state index is 0.0796. The number of amides is 2. The number of rotatable bonds is 4. The summed E-state index contributed by atoms with van der Waals surface area (Å²) in [7, 11) is 0. The average molecular weight is 361 g/mol. The molecule has 0 bridgehead atoms. The average Bonchev–Trinajstić information content (AvgIpc) is 2.69. The van der Waals surface area contributed by atoms with Crippen molar-refractivity contribution < 1.29 is 9.72 Å². The van der Waals surface area contributed by atoms with Crippen LogP contribution >= 0.6 is 0 Å². The lowest BCUT2D eigenvalue weighted by Crippen LogP contribution is -2.44. The maximum absolute atomic E-state index is 13.2. The first kappa shape index (κ1) is 16.6. The molecule has 0 radical (unpaired) electrons. The topological polar surface area (TPSA) is 92.5 Å². The van der Waals surface area contributed by atoms with Crippen molar-refractivity contribution in [2.75, 3.05) is 4.90 Å². The van der Waals surface area contributed by atoms with Crippen LogP contribution in [0.3, 0.4) is 0 Å². The van der Waals surface area contributed by atoms with E-state index < -0.39 is 4.92 Å². The van der Waals surface area contributed by atoms with Gasteiger partial charge in [0, 0.05) is 42.8 Å². The van der Waals surface area contributed by atoms with Crippen LogP contribution in [0.25, 0.3) is 0 Å². The van der Waals surface area contributed by atoms with Crippen LogP contribution in [0.1, 0.15) is 11.1 Å². The zero-order valence-corrected chi connectivity index (χ0v) is 14.2. The number of anilines is 2. The highest BCUT2D eigenvalue weighted by Crippen LogP contribution is 2.35. The molecule has 0 atom stereocenters. The number of carbonyl (C=O) groups is 1. The summed E-state index contributed by atoms with van der Waals surface area (Å²) in [6.07, 6.45) is 4.96. The number of nitro benzene ring substituents is 1. The van der Waals surface area contributed by atoms with Crippen molar-refractivity contribution in [2.24, 2.45) is 0 Å². The molecular weight excluding hydrogens is 346 g/mol. The first-order chi connectivity index (χ1) is 13.1. The normalized spacial score (nSPS) is 13.4. The SMILES string of the molecule is O=C1N(Cc2ccncc2)Cc2cccnc2N1c1cccc([N+](=O)[O-])c1. The lowest BCUT2D eigenvalue weighted by molar-refractivity contribution is -0.384. The molecule has 0 aliphatic carbocycles. The minimum Gasteiger partial charge on any atom is -0.315 e. The largest absolute Gasteiger partial charge is 0.330 e. The Hall–Kier alpha value is -3.81. The molecule has 0 unspecified atom stereocenters. The molecule has 0 saturated heterocycles. The Balaban J connectivity index is 1.76. The molecule has 2 aromatic heterocycles. The third kappa shape index (κ3) is 3.20. The van der Waals surface area contributed by atoms with E-state index in [4.69, 9.17) is 0 Å². The van der Waals surface area contributed by atoms with E-state index in [0.29, 0.717) is 24.6 Å². The maximum Gasteiger partial charge on any atom is 0.330 e. The fourth-order valence-corrected chi connectivity index (χ4v) is 3.07. The molecule has 27 heavy (non-hydrogen) atoms. The molecule has 0 fully saturated rings. The number of hydrogen-bond acceptors (Lipinski definition) is 5. The second-order valence-corrected chi connectivity index (χ2v) is 6.09. The van der Waals surface area contributed by atoms with Crippen LogP contribution in [0.5, 0.6) is 0 Å². The van der Waals surface area contributed by atoms with Gasteiger partial charge >= 0.3 is 6.03 Å². The van der Waals surface area contributed by atoms with Crippen LogP contribution in [-0.2, 0) is 13.1 Å². The molecule has 0 saturated carbocycles. The third-order valence-corrected chi connectivity index (χ3v) is 4.32. The van der Waals surface area contributed by atoms with Gasteiger partial charge in [-0.2, -0.15) is 0 Å². The molecule has 8 heteroatoms. The quantitative estimate of drug-likeness (QED) is 0.522. The van der Waals surface area contributed by atoms with Crippen LogP contribution in [0.15, 0.2) is 67.1 Å². The summed E-state index contributed by atoms with van der Waals surface area (Å²) in [6, 6.07) is 13.1. The van der Waals surface area contributed by atoms with E-state index in [1.54, 1.807) is 35.6 Å². The summed E-state index contributed by atoms with van der Waals surface area (Å²) in [6.45, 7) is 0.816. The molecule has 1 aliphatic heterocycles. The highest BCUT2D eigenvalue weighted by molar-refractivity contribution is 6.00. The van der Waals surface area contributed by atoms with Gasteiger partial charge in [-0.15, -0.1) is 0 Å². The summed E-state index contributed by atoms with van der Waals surface area (Å²) in [4.78, 5) is 35.3. The third-order valence-electron chi connectivity index (χ3n) is 4.32. The molecular formula is C19H15N5O3. The van der Waals surface area contributed by atoms with Crippen molar-refractivity contribution in [2.45, 2.75) is 13.1 Å². The van der Waals surface area contributed by atoms with Crippen LogP contribution in [0.4, 0.5) is 22.0 Å². The fraction of sp³-hybridized carbons (Fsp3) is 0.105. The molecule has 4 rings (SSSR count). The van der Waals surface area contributed by atoms with E-state index in [-0.39, 0.29) is 11.7 Å². The first-order valence-corrected chi connectivity index (χ1v) is 8.30. The zero-order chi connectivity index (χ0) is 18.8. The van der Waals surface area contributed by atoms with E-state index in [2.05, 4.69) is 9.97 Å². The van der Waals surface area contributed by atoms with Gasteiger partial charge in [-0.25, -0.2) is 14.7 Å². The van der Waals surface area contributed by atoms with E-state index in [1.165, 1.54) is 17.0 Å². The number of aromatic nitrogens is 2. The Labute approximate surface area is 154 Å². The Kier molecular flexibility index (Phi) is 4.21. The van der Waals surface area contributed by atoms with Gasteiger partial charge in [-0.05, 0) is 29.8 Å². The number of hydrogen-bond donors (Lipinski definition) is 0. The molecule has 2 amide bonds. The number of nitro groups is 1. The van der Waals surface area contributed by atoms with E-state index >= 15 is 0 Å². The number of urea groups is 1. The molecule has 3 heterocycles. The number of benzene rings is 1. The summed E-state index contributed by atoms with van der Waals surface area (Å²) in [5.41, 5.74) is 2.15. The van der Waals surface area contributed by atoms with Gasteiger partial charge in [0.2, 0.25) is 0 Å². The summed E-state index contributed by atoms with van der Waals surface area (Å²) in [5.74, 6) is 0.494. The van der Waals surface area contributed by atoms with Crippen molar-refractivity contribution in [1.82, 2.24) is 14.9 Å². The maximum atomic E-state index is 13.2. The first-order valence-electron chi connectivity index (χ1n) is 8.30. The van der Waals surface area contributed by atoms with E-state index in [0.717, 1.165) is 11.1 Å². The van der Waals surface area contributed by atoms with Gasteiger partial charge in [0.15, 0.2) is 0 Å². The Morgan fingerprint density at radius 1 is 1.07 bits per heavy atom. The zero-order valence-electron chi connectivity index (χ0n) is 14.2. The molecule has 8 nitrogen and oxygen atoms in total. The predicted molar refractivity (Wildman–Crippen MR) is 98.4 cm³/mol. The highest BCUT2D eigenvalue weighted by Gasteiger charge is 2.33. The molecule has 1 aliphatic rings. The number of non-ortho nitro benzene ring substituents is 1. The number of fused-ring (bicyclic) bond motifs is 1. The number of nitrogens with zero attached hydrogens (tertiary/aromatic N) is 5. The van der Waals surface area contributed by atoms with Crippen molar-refractivity contribution in [3.05, 3.63) is 88.4 Å².